The Morgan fingerprint density at radius 1 is 1.30 bits per heavy atom. The number of likely N-dealkylation sites (N-methyl/N-ethyl adjacent to an activating group) is 1. The molecular formula is C22H28Cl2FN3O2. The van der Waals surface area contributed by atoms with Crippen LogP contribution in [0.5, 0.6) is 0 Å². The number of amides is 3. The van der Waals surface area contributed by atoms with Gasteiger partial charge in [0.15, 0.2) is 0 Å². The normalized spacial score (nSPS) is 28.8. The van der Waals surface area contributed by atoms with E-state index in [-0.39, 0.29) is 44.4 Å². The van der Waals surface area contributed by atoms with Gasteiger partial charge in [-0.05, 0) is 49.7 Å². The van der Waals surface area contributed by atoms with Gasteiger partial charge in [0.25, 0.3) is 0 Å². The third-order valence-electron chi connectivity index (χ3n) is 7.34. The summed E-state index contributed by atoms with van der Waals surface area (Å²) in [6.07, 6.45) is 5.88. The lowest BCUT2D eigenvalue weighted by Crippen LogP contribution is -2.44. The Kier molecular flexibility index (Phi) is 5.69. The smallest absolute Gasteiger partial charge is 0.317 e. The number of nitrogens with one attached hydrogen (secondary N) is 2. The maximum atomic E-state index is 14.9. The first-order valence-electron chi connectivity index (χ1n) is 10.6. The maximum absolute atomic E-state index is 14.9. The number of nitrogens with zero attached hydrogens (tertiary/aromatic N) is 1. The molecule has 0 radical (unpaired) electrons. The molecule has 1 aromatic carbocycles. The summed E-state index contributed by atoms with van der Waals surface area (Å²) in [5, 5.41) is 6.64. The van der Waals surface area contributed by atoms with E-state index >= 15 is 0 Å². The number of carbonyl (C=O) groups excluding carboxylic acids is 2. The van der Waals surface area contributed by atoms with Crippen molar-refractivity contribution in [3.05, 3.63) is 33.6 Å². The highest BCUT2D eigenvalue weighted by Crippen LogP contribution is 2.50. The Morgan fingerprint density at radius 3 is 2.63 bits per heavy atom. The van der Waals surface area contributed by atoms with E-state index in [2.05, 4.69) is 17.6 Å². The van der Waals surface area contributed by atoms with Gasteiger partial charge in [-0.1, -0.05) is 43.0 Å². The van der Waals surface area contributed by atoms with Crippen LogP contribution in [0.15, 0.2) is 12.1 Å². The molecule has 3 aliphatic rings. The van der Waals surface area contributed by atoms with E-state index in [1.54, 1.807) is 11.9 Å². The van der Waals surface area contributed by atoms with Gasteiger partial charge >= 0.3 is 6.03 Å². The summed E-state index contributed by atoms with van der Waals surface area (Å²) in [4.78, 5) is 26.9. The molecule has 3 fully saturated rings. The maximum Gasteiger partial charge on any atom is 0.317 e. The van der Waals surface area contributed by atoms with E-state index in [0.29, 0.717) is 19.4 Å². The first kappa shape index (κ1) is 21.7. The molecule has 30 heavy (non-hydrogen) atoms. The molecule has 4 rings (SSSR count). The molecule has 8 heteroatoms. The second-order valence-corrected chi connectivity index (χ2v) is 10.4. The number of urea groups is 1. The second-order valence-electron chi connectivity index (χ2n) is 9.57. The van der Waals surface area contributed by atoms with Gasteiger partial charge in [0.05, 0.1) is 21.6 Å². The zero-order valence-electron chi connectivity index (χ0n) is 17.4. The average Bonchev–Trinajstić information content (AvgIpc) is 3.38. The summed E-state index contributed by atoms with van der Waals surface area (Å²) in [6, 6.07) is 2.12. The monoisotopic (exact) mass is 455 g/mol. The molecule has 1 saturated heterocycles. The molecule has 0 aromatic heterocycles. The van der Waals surface area contributed by atoms with Gasteiger partial charge in [-0.25, -0.2) is 9.18 Å². The first-order valence-corrected chi connectivity index (χ1v) is 11.4. The summed E-state index contributed by atoms with van der Waals surface area (Å²) >= 11 is 12.6. The van der Waals surface area contributed by atoms with Crippen molar-refractivity contribution in [1.82, 2.24) is 15.5 Å². The molecule has 1 spiro atoms. The number of hydrogen-bond acceptors (Lipinski definition) is 2. The van der Waals surface area contributed by atoms with Crippen LogP contribution in [0.2, 0.25) is 10.0 Å². The minimum atomic E-state index is -0.545. The van der Waals surface area contributed by atoms with Crippen molar-refractivity contribution < 1.29 is 14.0 Å². The molecule has 5 nitrogen and oxygen atoms in total. The molecular weight excluding hydrogens is 428 g/mol. The highest BCUT2D eigenvalue weighted by atomic mass is 35.5. The van der Waals surface area contributed by atoms with Crippen LogP contribution in [-0.4, -0.2) is 36.0 Å². The van der Waals surface area contributed by atoms with Gasteiger partial charge in [0.2, 0.25) is 5.91 Å². The molecule has 1 heterocycles. The third kappa shape index (κ3) is 3.77. The van der Waals surface area contributed by atoms with E-state index in [0.717, 1.165) is 32.1 Å². The Balaban J connectivity index is 1.58. The lowest BCUT2D eigenvalue weighted by atomic mass is 9.76. The minimum Gasteiger partial charge on any atom is -0.348 e. The molecule has 2 saturated carbocycles. The fraction of sp³-hybridized carbons (Fsp3) is 0.636. The molecule has 3 amide bonds. The molecule has 0 bridgehead atoms. The van der Waals surface area contributed by atoms with Crippen LogP contribution >= 0.6 is 23.2 Å². The van der Waals surface area contributed by atoms with Crippen molar-refractivity contribution in [3.8, 4) is 0 Å². The molecule has 2 aliphatic carbocycles. The van der Waals surface area contributed by atoms with Gasteiger partial charge in [-0.15, -0.1) is 0 Å². The summed E-state index contributed by atoms with van der Waals surface area (Å²) in [6.45, 7) is 2.69. The number of rotatable bonds is 4. The molecule has 2 N–H and O–H groups in total. The summed E-state index contributed by atoms with van der Waals surface area (Å²) < 4.78 is 14.9. The van der Waals surface area contributed by atoms with Crippen LogP contribution in [0, 0.1) is 17.2 Å². The standard InChI is InChI=1S/C22H28Cl2FN3O2/c1-21(8-3-4-9-21)18(16-15(25)6-5-14(23)17(16)24)26-19(29)13-7-10-22(11-13)12-28(2)20(30)27-22/h5-6,13,18H,3-4,7-12H2,1-2H3,(H,26,29)(H,27,30)/t13-,18+,22-/m0/s1. The zero-order chi connectivity index (χ0) is 21.7. The summed E-state index contributed by atoms with van der Waals surface area (Å²) in [7, 11) is 1.76. The minimum absolute atomic E-state index is 0.0971. The van der Waals surface area contributed by atoms with Gasteiger partial charge in [0.1, 0.15) is 5.82 Å². The van der Waals surface area contributed by atoms with Crippen LogP contribution < -0.4 is 10.6 Å². The summed E-state index contributed by atoms with van der Waals surface area (Å²) in [5.74, 6) is -0.787. The third-order valence-corrected chi connectivity index (χ3v) is 8.15. The molecule has 164 valence electrons. The Morgan fingerprint density at radius 2 is 2.00 bits per heavy atom. The predicted molar refractivity (Wildman–Crippen MR) is 115 cm³/mol. The Hall–Kier alpha value is -1.53. The largest absolute Gasteiger partial charge is 0.348 e. The van der Waals surface area contributed by atoms with E-state index in [1.807, 2.05) is 0 Å². The quantitative estimate of drug-likeness (QED) is 0.622. The zero-order valence-corrected chi connectivity index (χ0v) is 18.9. The highest BCUT2D eigenvalue weighted by Gasteiger charge is 2.49. The number of hydrogen-bond donors (Lipinski definition) is 2. The molecule has 1 aliphatic heterocycles. The Bertz CT molecular complexity index is 874. The van der Waals surface area contributed by atoms with Crippen LogP contribution in [0.1, 0.15) is 63.5 Å². The van der Waals surface area contributed by atoms with Crippen molar-refractivity contribution in [1.29, 1.82) is 0 Å². The van der Waals surface area contributed by atoms with Crippen molar-refractivity contribution in [3.63, 3.8) is 0 Å². The number of carbonyl (C=O) groups is 2. The molecule has 1 aromatic rings. The van der Waals surface area contributed by atoms with Crippen LogP contribution in [0.3, 0.4) is 0 Å². The van der Waals surface area contributed by atoms with E-state index in [4.69, 9.17) is 23.2 Å². The van der Waals surface area contributed by atoms with Gasteiger partial charge in [-0.2, -0.15) is 0 Å². The predicted octanol–water partition coefficient (Wildman–Crippen LogP) is 5.06. The van der Waals surface area contributed by atoms with Crippen molar-refractivity contribution in [2.24, 2.45) is 11.3 Å². The van der Waals surface area contributed by atoms with E-state index in [1.165, 1.54) is 12.1 Å². The average molecular weight is 456 g/mol. The SMILES string of the molecule is CN1C[C@@]2(CC[C@H](C(=O)N[C@H](c3c(F)ccc(Cl)c3Cl)C3(C)CCCC3)C2)NC1=O. The lowest BCUT2D eigenvalue weighted by Gasteiger charge is -2.36. The molecule has 3 atom stereocenters. The number of halogens is 3. The van der Waals surface area contributed by atoms with Gasteiger partial charge in [-0.3, -0.25) is 4.79 Å². The Labute approximate surface area is 186 Å². The number of benzene rings is 1. The topological polar surface area (TPSA) is 61.4 Å². The van der Waals surface area contributed by atoms with Gasteiger partial charge in [0, 0.05) is 25.1 Å². The fourth-order valence-electron chi connectivity index (χ4n) is 5.63. The second kappa shape index (κ2) is 7.86. The van der Waals surface area contributed by atoms with E-state index in [9.17, 15) is 14.0 Å². The van der Waals surface area contributed by atoms with Crippen LogP contribution in [0.4, 0.5) is 9.18 Å². The van der Waals surface area contributed by atoms with Crippen molar-refractivity contribution in [2.75, 3.05) is 13.6 Å². The van der Waals surface area contributed by atoms with Crippen molar-refractivity contribution >= 4 is 35.1 Å². The highest BCUT2D eigenvalue weighted by molar-refractivity contribution is 6.42. The van der Waals surface area contributed by atoms with E-state index < -0.39 is 11.9 Å². The fourth-order valence-corrected chi connectivity index (χ4v) is 6.06. The first-order chi connectivity index (χ1) is 14.1. The van der Waals surface area contributed by atoms with Crippen LogP contribution in [0.25, 0.3) is 0 Å². The lowest BCUT2D eigenvalue weighted by molar-refractivity contribution is -0.126. The van der Waals surface area contributed by atoms with Gasteiger partial charge < -0.3 is 15.5 Å². The van der Waals surface area contributed by atoms with Crippen LogP contribution in [-0.2, 0) is 4.79 Å². The summed E-state index contributed by atoms with van der Waals surface area (Å²) in [5.41, 5.74) is -0.355. The molecule has 0 unspecified atom stereocenters. The van der Waals surface area contributed by atoms with Crippen molar-refractivity contribution in [2.45, 2.75) is 63.5 Å².